The summed E-state index contributed by atoms with van der Waals surface area (Å²) in [4.78, 5) is 24.9. The second kappa shape index (κ2) is 9.77. The predicted octanol–water partition coefficient (Wildman–Crippen LogP) is 0.710. The largest absolute Gasteiger partial charge is 0.385 e. The van der Waals surface area contributed by atoms with Gasteiger partial charge in [0.15, 0.2) is 0 Å². The van der Waals surface area contributed by atoms with Gasteiger partial charge in [0.1, 0.15) is 0 Å². The first-order valence-electron chi connectivity index (χ1n) is 6.92. The summed E-state index contributed by atoms with van der Waals surface area (Å²) >= 11 is 0. The Morgan fingerprint density at radius 1 is 1.24 bits per heavy atom. The number of hydrogen-bond acceptors (Lipinski definition) is 4. The molecule has 0 spiro atoms. The molecule has 0 heterocycles. The number of likely N-dealkylation sites (N-methyl/N-ethyl adjacent to an activating group) is 1. The lowest BCUT2D eigenvalue weighted by Gasteiger charge is -2.17. The molecule has 0 unspecified atom stereocenters. The van der Waals surface area contributed by atoms with Gasteiger partial charge in [-0.1, -0.05) is 18.2 Å². The number of nitrogens with one attached hydrogen (secondary N) is 2. The minimum Gasteiger partial charge on any atom is -0.385 e. The highest BCUT2D eigenvalue weighted by molar-refractivity contribution is 5.86. The average molecular weight is 293 g/mol. The highest BCUT2D eigenvalue weighted by Gasteiger charge is 2.12. The smallest absolute Gasteiger partial charge is 0.242 e. The Morgan fingerprint density at radius 3 is 2.62 bits per heavy atom. The molecule has 6 nitrogen and oxygen atoms in total. The maximum absolute atomic E-state index is 11.9. The van der Waals surface area contributed by atoms with Crippen LogP contribution in [-0.2, 0) is 14.3 Å². The molecule has 6 heteroatoms. The molecule has 0 aromatic heterocycles. The van der Waals surface area contributed by atoms with Crippen LogP contribution in [0.25, 0.3) is 0 Å². The van der Waals surface area contributed by atoms with Gasteiger partial charge in [-0.2, -0.15) is 0 Å². The number of hydrogen-bond donors (Lipinski definition) is 2. The summed E-state index contributed by atoms with van der Waals surface area (Å²) in [5, 5.41) is 5.76. The Hall–Kier alpha value is -2.08. The van der Waals surface area contributed by atoms with Crippen molar-refractivity contribution in [2.75, 3.05) is 45.7 Å². The number of amides is 2. The number of nitrogens with zero attached hydrogens (tertiary/aromatic N) is 1. The molecule has 1 aromatic rings. The summed E-state index contributed by atoms with van der Waals surface area (Å²) in [7, 11) is 3.23. The first kappa shape index (κ1) is 17.0. The van der Waals surface area contributed by atoms with E-state index >= 15 is 0 Å². The van der Waals surface area contributed by atoms with Crippen molar-refractivity contribution in [3.63, 3.8) is 0 Å². The highest BCUT2D eigenvalue weighted by atomic mass is 16.5. The molecular weight excluding hydrogens is 270 g/mol. The van der Waals surface area contributed by atoms with Crippen molar-refractivity contribution >= 4 is 17.5 Å². The minimum atomic E-state index is -0.165. The maximum atomic E-state index is 11.9. The molecule has 0 aliphatic carbocycles. The zero-order valence-electron chi connectivity index (χ0n) is 12.6. The van der Waals surface area contributed by atoms with Gasteiger partial charge < -0.3 is 20.3 Å². The molecule has 0 aliphatic heterocycles. The Morgan fingerprint density at radius 2 is 1.95 bits per heavy atom. The Balaban J connectivity index is 2.22. The summed E-state index contributed by atoms with van der Waals surface area (Å²) in [5.74, 6) is -0.299. The van der Waals surface area contributed by atoms with Gasteiger partial charge in [-0.3, -0.25) is 9.59 Å². The van der Waals surface area contributed by atoms with Gasteiger partial charge in [0.2, 0.25) is 11.8 Å². The molecule has 0 saturated heterocycles. The van der Waals surface area contributed by atoms with E-state index in [0.29, 0.717) is 13.2 Å². The lowest BCUT2D eigenvalue weighted by molar-refractivity contribution is -0.133. The van der Waals surface area contributed by atoms with E-state index in [-0.39, 0.29) is 24.9 Å². The van der Waals surface area contributed by atoms with Crippen LogP contribution in [0.2, 0.25) is 0 Å². The summed E-state index contributed by atoms with van der Waals surface area (Å²) < 4.78 is 4.89. The van der Waals surface area contributed by atoms with Crippen molar-refractivity contribution < 1.29 is 14.3 Å². The fourth-order valence-electron chi connectivity index (χ4n) is 1.67. The quantitative estimate of drug-likeness (QED) is 0.658. The molecular formula is C15H23N3O3. The Labute approximate surface area is 125 Å². The van der Waals surface area contributed by atoms with Gasteiger partial charge in [-0.05, 0) is 18.6 Å². The van der Waals surface area contributed by atoms with Crippen molar-refractivity contribution in [1.29, 1.82) is 0 Å². The molecule has 0 bridgehead atoms. The molecule has 0 radical (unpaired) electrons. The highest BCUT2D eigenvalue weighted by Crippen LogP contribution is 2.04. The molecule has 2 N–H and O–H groups in total. The van der Waals surface area contributed by atoms with E-state index < -0.39 is 0 Å². The van der Waals surface area contributed by atoms with Crippen LogP contribution in [0.1, 0.15) is 6.42 Å². The van der Waals surface area contributed by atoms with E-state index in [0.717, 1.165) is 12.1 Å². The van der Waals surface area contributed by atoms with E-state index in [1.165, 1.54) is 4.90 Å². The van der Waals surface area contributed by atoms with Crippen molar-refractivity contribution in [3.8, 4) is 0 Å². The first-order chi connectivity index (χ1) is 10.1. The first-order valence-corrected chi connectivity index (χ1v) is 6.92. The maximum Gasteiger partial charge on any atom is 0.242 e. The number of rotatable bonds is 9. The molecule has 0 atom stereocenters. The predicted molar refractivity (Wildman–Crippen MR) is 82.1 cm³/mol. The SMILES string of the molecule is COCCCNC(=O)CN(C)C(=O)CNc1ccccc1. The molecule has 0 fully saturated rings. The van der Waals surface area contributed by atoms with E-state index in [2.05, 4.69) is 10.6 Å². The standard InChI is InChI=1S/C15H23N3O3/c1-18(12-14(19)16-9-6-10-21-2)15(20)11-17-13-7-4-3-5-8-13/h3-5,7-8,17H,6,9-12H2,1-2H3,(H,16,19). The third-order valence-electron chi connectivity index (χ3n) is 2.87. The second-order valence-electron chi connectivity index (χ2n) is 4.67. The van der Waals surface area contributed by atoms with Crippen LogP contribution in [0.3, 0.4) is 0 Å². The Bertz CT molecular complexity index is 437. The van der Waals surface area contributed by atoms with Gasteiger partial charge in [-0.15, -0.1) is 0 Å². The van der Waals surface area contributed by atoms with Crippen LogP contribution in [-0.4, -0.2) is 57.1 Å². The van der Waals surface area contributed by atoms with Crippen LogP contribution in [0.5, 0.6) is 0 Å². The number of ether oxygens (including phenoxy) is 1. The van der Waals surface area contributed by atoms with Crippen molar-refractivity contribution in [1.82, 2.24) is 10.2 Å². The van der Waals surface area contributed by atoms with Crippen molar-refractivity contribution in [3.05, 3.63) is 30.3 Å². The Kier molecular flexibility index (Phi) is 7.89. The average Bonchev–Trinajstić information content (AvgIpc) is 2.50. The van der Waals surface area contributed by atoms with Gasteiger partial charge in [0, 0.05) is 33.0 Å². The van der Waals surface area contributed by atoms with Crippen LogP contribution in [0.4, 0.5) is 5.69 Å². The fraction of sp³-hybridized carbons (Fsp3) is 0.467. The van der Waals surface area contributed by atoms with Gasteiger partial charge in [0.25, 0.3) is 0 Å². The third kappa shape index (κ3) is 7.31. The lowest BCUT2D eigenvalue weighted by Crippen LogP contribution is -2.41. The number of carbonyl (C=O) groups is 2. The molecule has 0 aliphatic rings. The van der Waals surface area contributed by atoms with Crippen LogP contribution in [0.15, 0.2) is 30.3 Å². The topological polar surface area (TPSA) is 70.7 Å². The number of carbonyl (C=O) groups excluding carboxylic acids is 2. The fourth-order valence-corrected chi connectivity index (χ4v) is 1.67. The summed E-state index contributed by atoms with van der Waals surface area (Å²) in [6.45, 7) is 1.38. The van der Waals surface area contributed by atoms with Crippen LogP contribution >= 0.6 is 0 Å². The van der Waals surface area contributed by atoms with Gasteiger partial charge >= 0.3 is 0 Å². The normalized spacial score (nSPS) is 10.0. The minimum absolute atomic E-state index is 0.0578. The summed E-state index contributed by atoms with van der Waals surface area (Å²) in [5.41, 5.74) is 0.878. The van der Waals surface area contributed by atoms with Crippen molar-refractivity contribution in [2.24, 2.45) is 0 Å². The van der Waals surface area contributed by atoms with Crippen LogP contribution < -0.4 is 10.6 Å². The number of para-hydroxylation sites is 1. The van der Waals surface area contributed by atoms with Gasteiger partial charge in [0.05, 0.1) is 13.1 Å². The second-order valence-corrected chi connectivity index (χ2v) is 4.67. The van der Waals surface area contributed by atoms with Crippen molar-refractivity contribution in [2.45, 2.75) is 6.42 Å². The molecule has 116 valence electrons. The molecule has 21 heavy (non-hydrogen) atoms. The summed E-state index contributed by atoms with van der Waals surface area (Å²) in [6, 6.07) is 9.46. The zero-order chi connectivity index (χ0) is 15.5. The van der Waals surface area contributed by atoms with E-state index in [4.69, 9.17) is 4.74 Å². The van der Waals surface area contributed by atoms with Crippen LogP contribution in [0, 0.1) is 0 Å². The monoisotopic (exact) mass is 293 g/mol. The molecule has 2 amide bonds. The number of anilines is 1. The van der Waals surface area contributed by atoms with Gasteiger partial charge in [-0.25, -0.2) is 0 Å². The molecule has 1 aromatic carbocycles. The number of benzene rings is 1. The van der Waals surface area contributed by atoms with E-state index in [9.17, 15) is 9.59 Å². The van der Waals surface area contributed by atoms with E-state index in [1.807, 2.05) is 30.3 Å². The lowest BCUT2D eigenvalue weighted by atomic mass is 10.3. The number of methoxy groups -OCH3 is 1. The summed E-state index contributed by atoms with van der Waals surface area (Å²) in [6.07, 6.45) is 0.759. The zero-order valence-corrected chi connectivity index (χ0v) is 12.6. The third-order valence-corrected chi connectivity index (χ3v) is 2.87. The van der Waals surface area contributed by atoms with E-state index in [1.54, 1.807) is 14.2 Å². The molecule has 0 saturated carbocycles. The molecule has 1 rings (SSSR count).